The molecule has 0 saturated carbocycles. The standard InChI is InChI=1S/C19H20Cl2N2O/c1-14-22-9-10-23(14)11-12-24-19(15-5-3-2-4-6-15)17-8-7-16(20)13-18(17)21/h2-8,13,19H,9-12H2,1H3/t19-/m1/s1. The Bertz CT molecular complexity index is 719. The van der Waals surface area contributed by atoms with Crippen LogP contribution in [0.4, 0.5) is 0 Å². The number of hydrogen-bond acceptors (Lipinski definition) is 3. The van der Waals surface area contributed by atoms with E-state index in [2.05, 4.69) is 22.0 Å². The Balaban J connectivity index is 1.76. The smallest absolute Gasteiger partial charge is 0.109 e. The van der Waals surface area contributed by atoms with Crippen LogP contribution in [0.1, 0.15) is 24.2 Å². The lowest BCUT2D eigenvalue weighted by Crippen LogP contribution is -2.30. The molecule has 1 aliphatic heterocycles. The molecule has 24 heavy (non-hydrogen) atoms. The fourth-order valence-corrected chi connectivity index (χ4v) is 3.36. The van der Waals surface area contributed by atoms with Gasteiger partial charge in [-0.05, 0) is 24.6 Å². The Kier molecular flexibility index (Phi) is 5.77. The first-order chi connectivity index (χ1) is 11.6. The maximum absolute atomic E-state index is 6.41. The van der Waals surface area contributed by atoms with Gasteiger partial charge in [0.05, 0.1) is 19.0 Å². The molecule has 3 rings (SSSR count). The molecule has 0 radical (unpaired) electrons. The van der Waals surface area contributed by atoms with Crippen molar-refractivity contribution in [2.75, 3.05) is 26.2 Å². The number of ether oxygens (including phenoxy) is 1. The number of rotatable bonds is 6. The summed E-state index contributed by atoms with van der Waals surface area (Å²) in [5.74, 6) is 1.08. The minimum Gasteiger partial charge on any atom is -0.367 e. The van der Waals surface area contributed by atoms with Gasteiger partial charge in [0.15, 0.2) is 0 Å². The van der Waals surface area contributed by atoms with E-state index in [1.54, 1.807) is 6.07 Å². The predicted molar refractivity (Wildman–Crippen MR) is 100 cm³/mol. The second-order valence-corrected chi connectivity index (χ2v) is 6.59. The van der Waals surface area contributed by atoms with Crippen LogP contribution in [-0.4, -0.2) is 37.0 Å². The summed E-state index contributed by atoms with van der Waals surface area (Å²) >= 11 is 12.4. The molecule has 0 spiro atoms. The van der Waals surface area contributed by atoms with Gasteiger partial charge in [0.2, 0.25) is 0 Å². The minimum absolute atomic E-state index is 0.212. The largest absolute Gasteiger partial charge is 0.367 e. The highest BCUT2D eigenvalue weighted by Gasteiger charge is 2.19. The van der Waals surface area contributed by atoms with E-state index in [-0.39, 0.29) is 6.10 Å². The monoisotopic (exact) mass is 362 g/mol. The fourth-order valence-electron chi connectivity index (χ4n) is 2.86. The quantitative estimate of drug-likeness (QED) is 0.734. The third-order valence-corrected chi connectivity index (χ3v) is 4.72. The minimum atomic E-state index is -0.212. The highest BCUT2D eigenvalue weighted by Crippen LogP contribution is 2.33. The molecule has 1 aliphatic rings. The van der Waals surface area contributed by atoms with Gasteiger partial charge < -0.3 is 9.64 Å². The van der Waals surface area contributed by atoms with Gasteiger partial charge in [0, 0.05) is 28.7 Å². The van der Waals surface area contributed by atoms with Crippen molar-refractivity contribution in [3.8, 4) is 0 Å². The van der Waals surface area contributed by atoms with Gasteiger partial charge in [-0.3, -0.25) is 4.99 Å². The molecule has 126 valence electrons. The topological polar surface area (TPSA) is 24.8 Å². The zero-order valence-corrected chi connectivity index (χ0v) is 15.1. The molecule has 1 atom stereocenters. The molecule has 0 unspecified atom stereocenters. The third kappa shape index (κ3) is 4.10. The van der Waals surface area contributed by atoms with Gasteiger partial charge >= 0.3 is 0 Å². The summed E-state index contributed by atoms with van der Waals surface area (Å²) < 4.78 is 6.22. The van der Waals surface area contributed by atoms with Crippen molar-refractivity contribution in [3.63, 3.8) is 0 Å². The molecule has 1 heterocycles. The zero-order valence-electron chi connectivity index (χ0n) is 13.6. The van der Waals surface area contributed by atoms with Crippen LogP contribution in [-0.2, 0) is 4.74 Å². The number of benzene rings is 2. The van der Waals surface area contributed by atoms with Gasteiger partial charge in [-0.25, -0.2) is 0 Å². The molecular weight excluding hydrogens is 343 g/mol. The second-order valence-electron chi connectivity index (χ2n) is 5.74. The molecule has 0 aromatic heterocycles. The van der Waals surface area contributed by atoms with Crippen molar-refractivity contribution in [2.45, 2.75) is 13.0 Å². The van der Waals surface area contributed by atoms with Crippen LogP contribution in [0.2, 0.25) is 10.0 Å². The molecule has 0 N–H and O–H groups in total. The van der Waals surface area contributed by atoms with E-state index in [4.69, 9.17) is 27.9 Å². The van der Waals surface area contributed by atoms with Gasteiger partial charge in [0.25, 0.3) is 0 Å². The fraction of sp³-hybridized carbons (Fsp3) is 0.316. The summed E-state index contributed by atoms with van der Waals surface area (Å²) in [6.45, 7) is 5.30. The lowest BCUT2D eigenvalue weighted by molar-refractivity contribution is 0.0721. The Morgan fingerprint density at radius 2 is 1.96 bits per heavy atom. The average molecular weight is 363 g/mol. The van der Waals surface area contributed by atoms with E-state index in [9.17, 15) is 0 Å². The van der Waals surface area contributed by atoms with Crippen LogP contribution in [0.5, 0.6) is 0 Å². The van der Waals surface area contributed by atoms with E-state index in [1.807, 2.05) is 37.3 Å². The van der Waals surface area contributed by atoms with E-state index in [0.717, 1.165) is 36.6 Å². The van der Waals surface area contributed by atoms with E-state index in [0.29, 0.717) is 16.7 Å². The van der Waals surface area contributed by atoms with Crippen molar-refractivity contribution >= 4 is 29.0 Å². The van der Waals surface area contributed by atoms with Gasteiger partial charge in [-0.15, -0.1) is 0 Å². The van der Waals surface area contributed by atoms with E-state index in [1.165, 1.54) is 0 Å². The Labute approximate surface area is 152 Å². The lowest BCUT2D eigenvalue weighted by Gasteiger charge is -2.23. The second kappa shape index (κ2) is 8.02. The van der Waals surface area contributed by atoms with Crippen molar-refractivity contribution in [1.82, 2.24) is 4.90 Å². The van der Waals surface area contributed by atoms with Crippen LogP contribution in [0.25, 0.3) is 0 Å². The third-order valence-electron chi connectivity index (χ3n) is 4.16. The molecule has 0 aliphatic carbocycles. The number of aliphatic imine (C=N–C) groups is 1. The van der Waals surface area contributed by atoms with E-state index < -0.39 is 0 Å². The summed E-state index contributed by atoms with van der Waals surface area (Å²) in [5.41, 5.74) is 2.01. The number of nitrogens with zero attached hydrogens (tertiary/aromatic N) is 2. The molecule has 0 amide bonds. The highest BCUT2D eigenvalue weighted by atomic mass is 35.5. The van der Waals surface area contributed by atoms with Crippen LogP contribution in [0.3, 0.4) is 0 Å². The summed E-state index contributed by atoms with van der Waals surface area (Å²) in [5, 5.41) is 1.25. The maximum atomic E-state index is 6.41. The molecular formula is C19H20Cl2N2O. The average Bonchev–Trinajstić information content (AvgIpc) is 2.98. The molecule has 2 aromatic carbocycles. The van der Waals surface area contributed by atoms with Gasteiger partial charge in [-0.2, -0.15) is 0 Å². The van der Waals surface area contributed by atoms with Crippen LogP contribution < -0.4 is 0 Å². The van der Waals surface area contributed by atoms with E-state index >= 15 is 0 Å². The van der Waals surface area contributed by atoms with Crippen molar-refractivity contribution in [3.05, 3.63) is 69.7 Å². The number of hydrogen-bond donors (Lipinski definition) is 0. The molecule has 2 aromatic rings. The normalized spacial score (nSPS) is 15.5. The number of amidine groups is 1. The Morgan fingerprint density at radius 1 is 1.17 bits per heavy atom. The number of halogens is 2. The maximum Gasteiger partial charge on any atom is 0.109 e. The summed E-state index contributed by atoms with van der Waals surface area (Å²) in [6.07, 6.45) is -0.212. The van der Waals surface area contributed by atoms with Crippen LogP contribution in [0, 0.1) is 0 Å². The van der Waals surface area contributed by atoms with Crippen molar-refractivity contribution in [2.24, 2.45) is 4.99 Å². The first-order valence-corrected chi connectivity index (χ1v) is 8.78. The highest BCUT2D eigenvalue weighted by molar-refractivity contribution is 6.35. The summed E-state index contributed by atoms with van der Waals surface area (Å²) in [6, 6.07) is 15.7. The molecule has 0 fully saturated rings. The van der Waals surface area contributed by atoms with Crippen molar-refractivity contribution < 1.29 is 4.74 Å². The lowest BCUT2D eigenvalue weighted by atomic mass is 10.0. The molecule has 0 bridgehead atoms. The predicted octanol–water partition coefficient (Wildman–Crippen LogP) is 4.83. The Hall–Kier alpha value is -1.55. The SMILES string of the molecule is CC1=NCCN1CCO[C@H](c1ccccc1)c1ccc(Cl)cc1Cl. The van der Waals surface area contributed by atoms with Gasteiger partial charge in [-0.1, -0.05) is 59.6 Å². The molecule has 5 heteroatoms. The van der Waals surface area contributed by atoms with Gasteiger partial charge in [0.1, 0.15) is 6.10 Å². The summed E-state index contributed by atoms with van der Waals surface area (Å²) in [7, 11) is 0. The molecule has 0 saturated heterocycles. The Morgan fingerprint density at radius 3 is 2.62 bits per heavy atom. The summed E-state index contributed by atoms with van der Waals surface area (Å²) in [4.78, 5) is 6.65. The zero-order chi connectivity index (χ0) is 16.9. The molecule has 3 nitrogen and oxygen atoms in total. The van der Waals surface area contributed by atoms with Crippen LogP contribution >= 0.6 is 23.2 Å². The first-order valence-electron chi connectivity index (χ1n) is 8.02. The first kappa shape index (κ1) is 17.3. The van der Waals surface area contributed by atoms with Crippen molar-refractivity contribution in [1.29, 1.82) is 0 Å². The van der Waals surface area contributed by atoms with Crippen LogP contribution in [0.15, 0.2) is 53.5 Å².